The van der Waals surface area contributed by atoms with Gasteiger partial charge in [0.05, 0.1) is 17.3 Å². The molecule has 0 aliphatic carbocycles. The van der Waals surface area contributed by atoms with Gasteiger partial charge in [-0.1, -0.05) is 25.1 Å². The molecular weight excluding hydrogens is 320 g/mol. The van der Waals surface area contributed by atoms with E-state index in [-0.39, 0.29) is 5.91 Å². The zero-order valence-electron chi connectivity index (χ0n) is 14.3. The summed E-state index contributed by atoms with van der Waals surface area (Å²) in [6.07, 6.45) is 3.11. The van der Waals surface area contributed by atoms with Gasteiger partial charge in [-0.25, -0.2) is 4.98 Å². The average molecular weight is 344 g/mol. The minimum absolute atomic E-state index is 0.111. The van der Waals surface area contributed by atoms with Crippen LogP contribution in [0.4, 0.5) is 0 Å². The third-order valence-electron chi connectivity index (χ3n) is 4.54. The molecule has 1 atom stereocenters. The second-order valence-electron chi connectivity index (χ2n) is 6.21. The van der Waals surface area contributed by atoms with E-state index in [0.29, 0.717) is 12.5 Å². The summed E-state index contributed by atoms with van der Waals surface area (Å²) in [4.78, 5) is 19.7. The van der Waals surface area contributed by atoms with Gasteiger partial charge in [-0.2, -0.15) is 0 Å². The molecular formula is C19H24N2O2S. The molecule has 1 aliphatic rings. The van der Waals surface area contributed by atoms with Crippen LogP contribution in [0.15, 0.2) is 29.6 Å². The number of likely N-dealkylation sites (tertiary alicyclic amines) is 1. The van der Waals surface area contributed by atoms with Gasteiger partial charge in [-0.05, 0) is 30.9 Å². The van der Waals surface area contributed by atoms with Gasteiger partial charge in [0.25, 0.3) is 5.91 Å². The number of piperidine rings is 1. The third-order valence-corrected chi connectivity index (χ3v) is 5.59. The van der Waals surface area contributed by atoms with Crippen molar-refractivity contribution in [1.29, 1.82) is 0 Å². The molecule has 2 heterocycles. The number of hydrogen-bond acceptors (Lipinski definition) is 4. The largest absolute Gasteiger partial charge is 0.380 e. The van der Waals surface area contributed by atoms with Crippen LogP contribution in [-0.4, -0.2) is 36.0 Å². The molecule has 0 N–H and O–H groups in total. The Hall–Kier alpha value is -1.72. The molecule has 1 saturated heterocycles. The Labute approximate surface area is 147 Å². The number of amides is 1. The molecule has 0 bridgehead atoms. The molecule has 1 aromatic carbocycles. The highest BCUT2D eigenvalue weighted by Gasteiger charge is 2.28. The highest BCUT2D eigenvalue weighted by molar-refractivity contribution is 7.09. The topological polar surface area (TPSA) is 42.4 Å². The van der Waals surface area contributed by atoms with Gasteiger partial charge in [0, 0.05) is 37.1 Å². The van der Waals surface area contributed by atoms with E-state index in [1.807, 2.05) is 29.2 Å². The van der Waals surface area contributed by atoms with Gasteiger partial charge in [0.2, 0.25) is 0 Å². The van der Waals surface area contributed by atoms with Crippen molar-refractivity contribution in [2.75, 3.05) is 20.2 Å². The van der Waals surface area contributed by atoms with Gasteiger partial charge in [-0.3, -0.25) is 4.79 Å². The highest BCUT2D eigenvalue weighted by atomic mass is 32.1. The minimum atomic E-state index is 0.111. The molecule has 3 rings (SSSR count). The number of benzene rings is 1. The maximum absolute atomic E-state index is 13.0. The third kappa shape index (κ3) is 3.68. The zero-order chi connectivity index (χ0) is 16.9. The van der Waals surface area contributed by atoms with Crippen molar-refractivity contribution in [2.45, 2.75) is 38.7 Å². The molecule has 2 aromatic rings. The van der Waals surface area contributed by atoms with Crippen LogP contribution < -0.4 is 0 Å². The van der Waals surface area contributed by atoms with Crippen LogP contribution >= 0.6 is 11.3 Å². The second-order valence-corrected chi connectivity index (χ2v) is 7.10. The Balaban J connectivity index is 1.76. The minimum Gasteiger partial charge on any atom is -0.380 e. The molecule has 0 saturated carbocycles. The van der Waals surface area contributed by atoms with E-state index in [9.17, 15) is 4.79 Å². The van der Waals surface area contributed by atoms with Crippen molar-refractivity contribution in [2.24, 2.45) is 0 Å². The van der Waals surface area contributed by atoms with E-state index < -0.39 is 0 Å². The van der Waals surface area contributed by atoms with E-state index in [4.69, 9.17) is 9.72 Å². The van der Waals surface area contributed by atoms with Crippen LogP contribution in [0.5, 0.6) is 0 Å². The van der Waals surface area contributed by atoms with Crippen LogP contribution in [0.1, 0.15) is 52.3 Å². The lowest BCUT2D eigenvalue weighted by Gasteiger charge is -2.32. The lowest BCUT2D eigenvalue weighted by atomic mass is 9.97. The molecule has 1 aromatic heterocycles. The number of thiazole rings is 1. The summed E-state index contributed by atoms with van der Waals surface area (Å²) >= 11 is 1.73. The average Bonchev–Trinajstić information content (AvgIpc) is 3.11. The van der Waals surface area contributed by atoms with Crippen LogP contribution in [0, 0.1) is 0 Å². The number of aromatic nitrogens is 1. The van der Waals surface area contributed by atoms with Gasteiger partial charge in [0.15, 0.2) is 0 Å². The molecule has 5 heteroatoms. The Morgan fingerprint density at radius 3 is 3.00 bits per heavy atom. The quantitative estimate of drug-likeness (QED) is 0.827. The first-order chi connectivity index (χ1) is 11.7. The number of carbonyl (C=O) groups is 1. The lowest BCUT2D eigenvalue weighted by molar-refractivity contribution is 0.0702. The summed E-state index contributed by atoms with van der Waals surface area (Å²) in [6.45, 7) is 4.17. The maximum atomic E-state index is 13.0. The number of nitrogens with zero attached hydrogens (tertiary/aromatic N) is 2. The Morgan fingerprint density at radius 1 is 1.42 bits per heavy atom. The Morgan fingerprint density at radius 2 is 2.25 bits per heavy atom. The fourth-order valence-electron chi connectivity index (χ4n) is 3.22. The van der Waals surface area contributed by atoms with Crippen molar-refractivity contribution in [3.63, 3.8) is 0 Å². The number of rotatable bonds is 5. The van der Waals surface area contributed by atoms with E-state index in [0.717, 1.165) is 49.2 Å². The number of aryl methyl sites for hydroxylation is 1. The number of hydrogen-bond donors (Lipinski definition) is 0. The molecule has 0 spiro atoms. The van der Waals surface area contributed by atoms with E-state index in [1.54, 1.807) is 18.4 Å². The molecule has 128 valence electrons. The predicted molar refractivity (Wildman–Crippen MR) is 96.5 cm³/mol. The summed E-state index contributed by atoms with van der Waals surface area (Å²) in [5.41, 5.74) is 2.87. The first-order valence-electron chi connectivity index (χ1n) is 8.53. The number of ether oxygens (including phenoxy) is 1. The fraction of sp³-hybridized carbons (Fsp3) is 0.474. The number of carbonyl (C=O) groups excluding carboxylic acids is 1. The van der Waals surface area contributed by atoms with Gasteiger partial charge in [-0.15, -0.1) is 11.3 Å². The molecule has 1 amide bonds. The molecule has 1 aliphatic heterocycles. The lowest BCUT2D eigenvalue weighted by Crippen LogP contribution is -2.39. The summed E-state index contributed by atoms with van der Waals surface area (Å²) in [5.74, 6) is 0.474. The molecule has 0 unspecified atom stereocenters. The van der Waals surface area contributed by atoms with Crippen molar-refractivity contribution in [3.05, 3.63) is 51.5 Å². The van der Waals surface area contributed by atoms with E-state index in [2.05, 4.69) is 12.3 Å². The summed E-state index contributed by atoms with van der Waals surface area (Å²) in [6, 6.07) is 7.74. The Bertz CT molecular complexity index is 698. The van der Waals surface area contributed by atoms with Gasteiger partial charge >= 0.3 is 0 Å². The SMILES string of the molecule is CCc1csc([C@H]2CCCN(C(=O)c3ccccc3COC)C2)n1. The van der Waals surface area contributed by atoms with Crippen molar-refractivity contribution in [1.82, 2.24) is 9.88 Å². The standard InChI is InChI=1S/C19H24N2O2S/c1-3-16-13-24-18(20-16)14-8-6-10-21(11-14)19(22)17-9-5-4-7-15(17)12-23-2/h4-5,7,9,13-14H,3,6,8,10-12H2,1-2H3/t14-/m0/s1. The predicted octanol–water partition coefficient (Wildman–Crippen LogP) is 3.87. The normalized spacial score (nSPS) is 17.9. The summed E-state index contributed by atoms with van der Waals surface area (Å²) in [5, 5.41) is 3.32. The fourth-order valence-corrected chi connectivity index (χ4v) is 4.25. The van der Waals surface area contributed by atoms with E-state index >= 15 is 0 Å². The van der Waals surface area contributed by atoms with Gasteiger partial charge < -0.3 is 9.64 Å². The Kier molecular flexibility index (Phi) is 5.63. The summed E-state index contributed by atoms with van der Waals surface area (Å²) < 4.78 is 5.23. The van der Waals surface area contributed by atoms with Crippen molar-refractivity contribution in [3.8, 4) is 0 Å². The van der Waals surface area contributed by atoms with Crippen molar-refractivity contribution < 1.29 is 9.53 Å². The van der Waals surface area contributed by atoms with Crippen LogP contribution in [-0.2, 0) is 17.8 Å². The maximum Gasteiger partial charge on any atom is 0.254 e. The molecule has 0 radical (unpaired) electrons. The van der Waals surface area contributed by atoms with Crippen LogP contribution in [0.2, 0.25) is 0 Å². The van der Waals surface area contributed by atoms with Gasteiger partial charge in [0.1, 0.15) is 0 Å². The van der Waals surface area contributed by atoms with Crippen molar-refractivity contribution >= 4 is 17.2 Å². The van der Waals surface area contributed by atoms with Crippen LogP contribution in [0.25, 0.3) is 0 Å². The monoisotopic (exact) mass is 344 g/mol. The molecule has 4 nitrogen and oxygen atoms in total. The first-order valence-corrected chi connectivity index (χ1v) is 9.41. The zero-order valence-corrected chi connectivity index (χ0v) is 15.1. The molecule has 24 heavy (non-hydrogen) atoms. The van der Waals surface area contributed by atoms with E-state index in [1.165, 1.54) is 5.01 Å². The number of methoxy groups -OCH3 is 1. The second kappa shape index (κ2) is 7.90. The molecule has 1 fully saturated rings. The summed E-state index contributed by atoms with van der Waals surface area (Å²) in [7, 11) is 1.66. The smallest absolute Gasteiger partial charge is 0.254 e. The first kappa shape index (κ1) is 17.1. The van der Waals surface area contributed by atoms with Crippen LogP contribution in [0.3, 0.4) is 0 Å². The highest BCUT2D eigenvalue weighted by Crippen LogP contribution is 2.30.